The van der Waals surface area contributed by atoms with E-state index in [9.17, 15) is 10.1 Å². The fourth-order valence-corrected chi connectivity index (χ4v) is 0.879. The SMILES string of the molecule is O=[N+]([O-])c1[c-]cc2c(c1)N=C=N2.[Y]. The zero-order valence-corrected chi connectivity index (χ0v) is 9.23. The van der Waals surface area contributed by atoms with Crippen LogP contribution in [0.3, 0.4) is 0 Å². The predicted molar refractivity (Wildman–Crippen MR) is 41.1 cm³/mol. The van der Waals surface area contributed by atoms with Crippen LogP contribution in [0.1, 0.15) is 0 Å². The molecule has 1 aromatic carbocycles. The quantitative estimate of drug-likeness (QED) is 0.439. The van der Waals surface area contributed by atoms with E-state index in [0.29, 0.717) is 11.4 Å². The zero-order valence-electron chi connectivity index (χ0n) is 6.39. The summed E-state index contributed by atoms with van der Waals surface area (Å²) in [5.41, 5.74) is 0.942. The minimum absolute atomic E-state index is 0. The molecular weight excluding hydrogens is 247 g/mol. The van der Waals surface area contributed by atoms with Crippen molar-refractivity contribution in [3.05, 3.63) is 28.3 Å². The predicted octanol–water partition coefficient (Wildman–Crippen LogP) is 1.84. The van der Waals surface area contributed by atoms with E-state index < -0.39 is 4.92 Å². The Morgan fingerprint density at radius 1 is 1.46 bits per heavy atom. The van der Waals surface area contributed by atoms with Gasteiger partial charge >= 0.3 is 0 Å². The molecule has 0 aromatic heterocycles. The monoisotopic (exact) mass is 249 g/mol. The standard InChI is InChI=1S/C7H2N3O2.Y/c11-10(12)5-1-2-6-7(3-5)9-4-8-6;/h2-3H;/q-1;. The third-order valence-corrected chi connectivity index (χ3v) is 1.43. The van der Waals surface area contributed by atoms with Gasteiger partial charge in [0.15, 0.2) is 5.69 Å². The normalized spacial score (nSPS) is 10.8. The van der Waals surface area contributed by atoms with Gasteiger partial charge in [-0.2, -0.15) is 0 Å². The average molecular weight is 249 g/mol. The molecule has 1 heterocycles. The van der Waals surface area contributed by atoms with E-state index in [0.717, 1.165) is 0 Å². The Hall–Kier alpha value is -0.896. The van der Waals surface area contributed by atoms with Crippen LogP contribution in [-0.2, 0) is 32.7 Å². The van der Waals surface area contributed by atoms with Crippen LogP contribution in [0.5, 0.6) is 0 Å². The van der Waals surface area contributed by atoms with E-state index in [1.165, 1.54) is 12.1 Å². The first-order chi connectivity index (χ1) is 5.77. The Balaban J connectivity index is 0.000000845. The van der Waals surface area contributed by atoms with Gasteiger partial charge in [0.2, 0.25) is 0 Å². The zero-order chi connectivity index (χ0) is 8.55. The number of rotatable bonds is 1. The van der Waals surface area contributed by atoms with Crippen LogP contribution in [0, 0.1) is 16.2 Å². The van der Waals surface area contributed by atoms with Gasteiger partial charge in [0.05, 0.1) is 6.01 Å². The van der Waals surface area contributed by atoms with Gasteiger partial charge in [0.25, 0.3) is 0 Å². The number of hydrogen-bond donors (Lipinski definition) is 0. The number of nitro benzene ring substituents is 1. The summed E-state index contributed by atoms with van der Waals surface area (Å²) < 4.78 is 0. The van der Waals surface area contributed by atoms with E-state index in [1.54, 1.807) is 0 Å². The van der Waals surface area contributed by atoms with Crippen molar-refractivity contribution in [1.82, 2.24) is 0 Å². The molecule has 0 unspecified atom stereocenters. The number of benzene rings is 1. The summed E-state index contributed by atoms with van der Waals surface area (Å²) in [6, 6.07) is 7.58. The van der Waals surface area contributed by atoms with Crippen molar-refractivity contribution in [2.24, 2.45) is 9.98 Å². The van der Waals surface area contributed by atoms with Gasteiger partial charge in [-0.05, 0) is 11.4 Å². The van der Waals surface area contributed by atoms with E-state index in [2.05, 4.69) is 22.1 Å². The van der Waals surface area contributed by atoms with Crippen molar-refractivity contribution in [3.8, 4) is 0 Å². The Morgan fingerprint density at radius 3 is 2.85 bits per heavy atom. The topological polar surface area (TPSA) is 67.9 Å². The third kappa shape index (κ3) is 1.88. The smallest absolute Gasteiger partial charge is 0.164 e. The molecule has 1 aliphatic rings. The molecule has 0 fully saturated rings. The molecule has 2 rings (SSSR count). The molecule has 61 valence electrons. The summed E-state index contributed by atoms with van der Waals surface area (Å²) in [5, 5.41) is 10.3. The van der Waals surface area contributed by atoms with Crippen molar-refractivity contribution < 1.29 is 37.6 Å². The first-order valence-corrected chi connectivity index (χ1v) is 3.14. The number of non-ortho nitro benzene ring substituents is 1. The maximum atomic E-state index is 10.3. The van der Waals surface area contributed by atoms with Gasteiger partial charge in [0, 0.05) is 37.6 Å². The van der Waals surface area contributed by atoms with Crippen molar-refractivity contribution >= 4 is 23.1 Å². The van der Waals surface area contributed by atoms with Gasteiger partial charge in [-0.1, -0.05) is 12.1 Å². The molecule has 0 saturated carbocycles. The van der Waals surface area contributed by atoms with Crippen LogP contribution in [0.4, 0.5) is 17.1 Å². The molecule has 5 nitrogen and oxygen atoms in total. The maximum Gasteiger partial charge on any atom is 0.164 e. The number of nitrogens with zero attached hydrogens (tertiary/aromatic N) is 3. The molecule has 6 heteroatoms. The first kappa shape index (κ1) is 10.2. The van der Waals surface area contributed by atoms with Crippen molar-refractivity contribution in [2.45, 2.75) is 0 Å². The van der Waals surface area contributed by atoms with E-state index in [4.69, 9.17) is 0 Å². The van der Waals surface area contributed by atoms with E-state index in [-0.39, 0.29) is 38.4 Å². The number of nitro groups is 1. The fourth-order valence-electron chi connectivity index (χ4n) is 0.879. The maximum absolute atomic E-state index is 10.3. The first-order valence-electron chi connectivity index (χ1n) is 3.14. The minimum Gasteiger partial charge on any atom is -0.260 e. The Morgan fingerprint density at radius 2 is 2.15 bits per heavy atom. The summed E-state index contributed by atoms with van der Waals surface area (Å²) in [5.74, 6) is 0. The van der Waals surface area contributed by atoms with Crippen LogP contribution in [-0.4, -0.2) is 10.9 Å². The van der Waals surface area contributed by atoms with Gasteiger partial charge in [-0.15, -0.1) is 6.07 Å². The third-order valence-electron chi connectivity index (χ3n) is 1.43. The summed E-state index contributed by atoms with van der Waals surface area (Å²) in [7, 11) is 0. The Labute approximate surface area is 98.6 Å². The number of aliphatic imine (C=N–C) groups is 2. The summed E-state index contributed by atoms with van der Waals surface area (Å²) in [4.78, 5) is 17.2. The van der Waals surface area contributed by atoms with Crippen molar-refractivity contribution in [3.63, 3.8) is 0 Å². The molecule has 0 spiro atoms. The van der Waals surface area contributed by atoms with E-state index >= 15 is 0 Å². The molecule has 1 aromatic rings. The Kier molecular flexibility index (Phi) is 3.04. The van der Waals surface area contributed by atoms with Crippen LogP contribution in [0.15, 0.2) is 22.1 Å². The molecule has 0 atom stereocenters. The Bertz CT molecular complexity index is 424. The van der Waals surface area contributed by atoms with Gasteiger partial charge < -0.3 is 0 Å². The molecule has 0 saturated heterocycles. The average Bonchev–Trinajstić information content (AvgIpc) is 2.49. The van der Waals surface area contributed by atoms with Crippen LogP contribution in [0.25, 0.3) is 0 Å². The summed E-state index contributed by atoms with van der Waals surface area (Å²) in [6.07, 6.45) is 0. The van der Waals surface area contributed by atoms with Crippen molar-refractivity contribution in [2.75, 3.05) is 0 Å². The molecule has 1 aliphatic heterocycles. The van der Waals surface area contributed by atoms with E-state index in [1.807, 2.05) is 0 Å². The van der Waals surface area contributed by atoms with Crippen LogP contribution >= 0.6 is 0 Å². The largest absolute Gasteiger partial charge is 0.260 e. The fraction of sp³-hybridized carbons (Fsp3) is 0. The van der Waals surface area contributed by atoms with Gasteiger partial charge in [0.1, 0.15) is 0 Å². The molecule has 1 radical (unpaired) electrons. The second kappa shape index (κ2) is 3.87. The second-order valence-electron chi connectivity index (χ2n) is 2.17. The minimum atomic E-state index is -0.520. The molecule has 0 aliphatic carbocycles. The van der Waals surface area contributed by atoms with Crippen LogP contribution < -0.4 is 0 Å². The van der Waals surface area contributed by atoms with Crippen LogP contribution in [0.2, 0.25) is 0 Å². The number of hydrogen-bond acceptors (Lipinski definition) is 4. The summed E-state index contributed by atoms with van der Waals surface area (Å²) >= 11 is 0. The molecule has 0 bridgehead atoms. The molecule has 0 amide bonds. The molecule has 13 heavy (non-hydrogen) atoms. The molecular formula is C7H2N3O2Y-. The van der Waals surface area contributed by atoms with Gasteiger partial charge in [-0.25, -0.2) is 4.99 Å². The summed E-state index contributed by atoms with van der Waals surface area (Å²) in [6.45, 7) is 0. The van der Waals surface area contributed by atoms with Crippen molar-refractivity contribution in [1.29, 1.82) is 0 Å². The van der Waals surface area contributed by atoms with Gasteiger partial charge in [-0.3, -0.25) is 15.1 Å². The molecule has 0 N–H and O–H groups in total. The second-order valence-corrected chi connectivity index (χ2v) is 2.17. The number of fused-ring (bicyclic) bond motifs is 1.